The summed E-state index contributed by atoms with van der Waals surface area (Å²) in [6.07, 6.45) is -2.27. The fraction of sp³-hybridized carbons (Fsp3) is 0.279. The van der Waals surface area contributed by atoms with Gasteiger partial charge in [0.25, 0.3) is 0 Å². The summed E-state index contributed by atoms with van der Waals surface area (Å²) in [6, 6.07) is 43.1. The highest BCUT2D eigenvalue weighted by Gasteiger charge is 2.58. The van der Waals surface area contributed by atoms with Crippen LogP contribution in [0, 0.1) is 0 Å². The largest absolute Gasteiger partial charge is 0.494 e. The van der Waals surface area contributed by atoms with Crippen LogP contribution in [0.15, 0.2) is 133 Å². The maximum Gasteiger partial charge on any atom is 0.225 e. The first-order chi connectivity index (χ1) is 25.0. The molecule has 1 fully saturated rings. The van der Waals surface area contributed by atoms with Gasteiger partial charge in [0, 0.05) is 17.7 Å². The highest BCUT2D eigenvalue weighted by atomic mass is 35.5. The molecule has 7 nitrogen and oxygen atoms in total. The van der Waals surface area contributed by atoms with Gasteiger partial charge in [-0.05, 0) is 65.4 Å². The molecule has 0 radical (unpaired) electrons. The molecule has 8 heteroatoms. The Morgan fingerprint density at radius 3 is 1.76 bits per heavy atom. The molecule has 264 valence electrons. The Hall–Kier alpha value is -4.34. The van der Waals surface area contributed by atoms with Gasteiger partial charge in [-0.25, -0.2) is 0 Å². The van der Waals surface area contributed by atoms with Crippen molar-refractivity contribution in [3.05, 3.63) is 172 Å². The lowest BCUT2D eigenvalue weighted by molar-refractivity contribution is -0.373. The van der Waals surface area contributed by atoms with E-state index in [1.807, 2.05) is 140 Å². The minimum Gasteiger partial charge on any atom is -0.494 e. The van der Waals surface area contributed by atoms with Crippen LogP contribution in [-0.2, 0) is 60.5 Å². The normalized spacial score (nSPS) is 21.6. The smallest absolute Gasteiger partial charge is 0.225 e. The summed E-state index contributed by atoms with van der Waals surface area (Å²) < 4.78 is 38.9. The number of methoxy groups -OCH3 is 1. The van der Waals surface area contributed by atoms with Gasteiger partial charge in [0.1, 0.15) is 30.2 Å². The summed E-state index contributed by atoms with van der Waals surface area (Å²) in [4.78, 5) is 13.0. The maximum atomic E-state index is 13.0. The van der Waals surface area contributed by atoms with Crippen LogP contribution in [0.5, 0.6) is 5.75 Å². The quantitative estimate of drug-likeness (QED) is 0.0954. The Kier molecular flexibility index (Phi) is 12.7. The highest BCUT2D eigenvalue weighted by Crippen LogP contribution is 2.44. The van der Waals surface area contributed by atoms with Crippen molar-refractivity contribution in [2.75, 3.05) is 13.7 Å². The molecule has 1 aliphatic rings. The van der Waals surface area contributed by atoms with E-state index >= 15 is 0 Å². The second kappa shape index (κ2) is 17.7. The van der Waals surface area contributed by atoms with E-state index in [1.165, 1.54) is 0 Å². The van der Waals surface area contributed by atoms with Crippen molar-refractivity contribution >= 4 is 17.9 Å². The maximum absolute atomic E-state index is 13.0. The summed E-state index contributed by atoms with van der Waals surface area (Å²) in [5, 5.41) is 0.587. The van der Waals surface area contributed by atoms with Crippen LogP contribution in [0.1, 0.15) is 40.3 Å². The summed E-state index contributed by atoms with van der Waals surface area (Å²) in [6.45, 7) is 3.27. The van der Waals surface area contributed by atoms with Crippen molar-refractivity contribution in [2.24, 2.45) is 0 Å². The van der Waals surface area contributed by atoms with Gasteiger partial charge in [-0.3, -0.25) is 0 Å². The predicted octanol–water partition coefficient (Wildman–Crippen LogP) is 8.48. The first-order valence-electron chi connectivity index (χ1n) is 17.2. The molecule has 0 bridgehead atoms. The second-order valence-electron chi connectivity index (χ2n) is 12.4. The Morgan fingerprint density at radius 1 is 0.686 bits per heavy atom. The van der Waals surface area contributed by atoms with E-state index < -0.39 is 30.2 Å². The minimum atomic E-state index is -1.58. The van der Waals surface area contributed by atoms with Crippen LogP contribution in [-0.4, -0.2) is 44.4 Å². The van der Waals surface area contributed by atoms with Crippen molar-refractivity contribution in [3.63, 3.8) is 0 Å². The third-order valence-corrected chi connectivity index (χ3v) is 9.36. The molecule has 6 rings (SSSR count). The molecule has 0 saturated carbocycles. The van der Waals surface area contributed by atoms with Crippen LogP contribution in [0.2, 0.25) is 5.02 Å². The van der Waals surface area contributed by atoms with Gasteiger partial charge >= 0.3 is 0 Å². The van der Waals surface area contributed by atoms with Crippen LogP contribution in [0.3, 0.4) is 0 Å². The van der Waals surface area contributed by atoms with Crippen LogP contribution >= 0.6 is 11.6 Å². The van der Waals surface area contributed by atoms with Crippen molar-refractivity contribution in [1.29, 1.82) is 0 Å². The number of benzene rings is 5. The monoisotopic (exact) mass is 706 g/mol. The number of rotatable bonds is 16. The standard InChI is InChI=1S/C43H43ClO7/c1-3-47-37-22-19-31(20-23-37)25-35-26-36(21-24-38(35)44)43(46-2)42(50-30-34-17-11-6-12-18-34)41(49-29-33-15-9-5-10-16-33)40(39(27-45)51-43)48-28-32-13-7-4-8-14-32/h4-24,26-27,39-42H,3,25,28-30H2,1-2H3/t39?,40-,41?,42-,43?/m1/s1. The first-order valence-corrected chi connectivity index (χ1v) is 17.6. The van der Waals surface area contributed by atoms with E-state index in [4.69, 9.17) is 40.0 Å². The van der Waals surface area contributed by atoms with E-state index in [0.29, 0.717) is 23.6 Å². The zero-order chi connectivity index (χ0) is 35.5. The lowest BCUT2D eigenvalue weighted by Gasteiger charge is -2.51. The SMILES string of the molecule is CCOc1ccc(Cc2cc(C3(OC)OC(C=O)[C@@H](OCc4ccccc4)C(OCc4ccccc4)[C@H]3OCc3ccccc3)ccc2Cl)cc1. The van der Waals surface area contributed by atoms with Crippen molar-refractivity contribution in [2.45, 2.75) is 63.4 Å². The molecule has 1 heterocycles. The average molecular weight is 707 g/mol. The molecule has 51 heavy (non-hydrogen) atoms. The fourth-order valence-electron chi connectivity index (χ4n) is 6.42. The molecular weight excluding hydrogens is 664 g/mol. The Balaban J connectivity index is 1.41. The van der Waals surface area contributed by atoms with Gasteiger partial charge in [0.2, 0.25) is 5.79 Å². The molecule has 5 aromatic carbocycles. The zero-order valence-electron chi connectivity index (χ0n) is 28.9. The van der Waals surface area contributed by atoms with E-state index in [9.17, 15) is 4.79 Å². The summed E-state index contributed by atoms with van der Waals surface area (Å²) >= 11 is 6.82. The summed E-state index contributed by atoms with van der Waals surface area (Å²) in [7, 11) is 1.56. The molecule has 1 saturated heterocycles. The number of aldehydes is 1. The Labute approximate surface area is 305 Å². The van der Waals surface area contributed by atoms with Gasteiger partial charge in [0.15, 0.2) is 6.29 Å². The van der Waals surface area contributed by atoms with Gasteiger partial charge in [0.05, 0.1) is 26.4 Å². The van der Waals surface area contributed by atoms with Crippen molar-refractivity contribution in [1.82, 2.24) is 0 Å². The Morgan fingerprint density at radius 2 is 1.24 bits per heavy atom. The molecule has 0 amide bonds. The van der Waals surface area contributed by atoms with E-state index in [2.05, 4.69) is 0 Å². The highest BCUT2D eigenvalue weighted by molar-refractivity contribution is 6.31. The lowest BCUT2D eigenvalue weighted by atomic mass is 9.86. The minimum absolute atomic E-state index is 0.231. The van der Waals surface area contributed by atoms with Crippen molar-refractivity contribution < 1.29 is 33.2 Å². The van der Waals surface area contributed by atoms with Crippen molar-refractivity contribution in [3.8, 4) is 5.75 Å². The summed E-state index contributed by atoms with van der Waals surface area (Å²) in [5.41, 5.74) is 5.40. The second-order valence-corrected chi connectivity index (χ2v) is 12.8. The van der Waals surface area contributed by atoms with E-state index in [0.717, 1.165) is 39.9 Å². The molecule has 3 unspecified atom stereocenters. The molecule has 0 aromatic heterocycles. The molecule has 5 aromatic rings. The number of carbonyl (C=O) groups excluding carboxylic acids is 1. The molecule has 0 spiro atoms. The predicted molar refractivity (Wildman–Crippen MR) is 197 cm³/mol. The number of hydrogen-bond donors (Lipinski definition) is 0. The number of ether oxygens (including phenoxy) is 6. The third-order valence-electron chi connectivity index (χ3n) is 8.99. The van der Waals surface area contributed by atoms with Crippen LogP contribution < -0.4 is 4.74 Å². The third kappa shape index (κ3) is 8.94. The van der Waals surface area contributed by atoms with Gasteiger partial charge in [-0.2, -0.15) is 0 Å². The fourth-order valence-corrected chi connectivity index (χ4v) is 6.60. The van der Waals surface area contributed by atoms with Gasteiger partial charge < -0.3 is 33.2 Å². The summed E-state index contributed by atoms with van der Waals surface area (Å²) in [5.74, 6) is -0.772. The molecular formula is C43H43ClO7. The first kappa shape index (κ1) is 36.5. The zero-order valence-corrected chi connectivity index (χ0v) is 29.6. The topological polar surface area (TPSA) is 72.5 Å². The molecule has 1 aliphatic heterocycles. The Bertz CT molecular complexity index is 1800. The molecule has 0 N–H and O–H groups in total. The molecule has 0 aliphatic carbocycles. The number of halogens is 1. The van der Waals surface area contributed by atoms with E-state index in [1.54, 1.807) is 7.11 Å². The lowest BCUT2D eigenvalue weighted by Crippen LogP contribution is -2.65. The number of hydrogen-bond acceptors (Lipinski definition) is 7. The van der Waals surface area contributed by atoms with E-state index in [-0.39, 0.29) is 19.8 Å². The van der Waals surface area contributed by atoms with Gasteiger partial charge in [-0.1, -0.05) is 121 Å². The number of carbonyl (C=O) groups is 1. The van der Waals surface area contributed by atoms with Gasteiger partial charge in [-0.15, -0.1) is 0 Å². The van der Waals surface area contributed by atoms with Crippen LogP contribution in [0.4, 0.5) is 0 Å². The molecule has 5 atom stereocenters. The average Bonchev–Trinajstić information content (AvgIpc) is 3.18. The van der Waals surface area contributed by atoms with Crippen LogP contribution in [0.25, 0.3) is 0 Å².